The number of aliphatic imine (C=N–C) groups is 1. The lowest BCUT2D eigenvalue weighted by molar-refractivity contribution is -0.118. The highest BCUT2D eigenvalue weighted by molar-refractivity contribution is 8.14. The lowest BCUT2D eigenvalue weighted by Crippen LogP contribution is -2.27. The van der Waals surface area contributed by atoms with Gasteiger partial charge in [0, 0.05) is 20.3 Å². The van der Waals surface area contributed by atoms with Gasteiger partial charge in [-0.15, -0.1) is 0 Å². The van der Waals surface area contributed by atoms with E-state index in [4.69, 9.17) is 21.6 Å². The molecule has 1 amide bonds. The molecule has 0 saturated heterocycles. The maximum Gasteiger partial charge on any atom is 0.230 e. The quantitative estimate of drug-likeness (QED) is 0.274. The second-order valence-electron chi connectivity index (χ2n) is 2.83. The number of nitrogens with one attached hydrogen (secondary N) is 2. The van der Waals surface area contributed by atoms with Gasteiger partial charge in [-0.1, -0.05) is 11.8 Å². The average Bonchev–Trinajstić information content (AvgIpc) is 2.20. The number of nitrogens with zero attached hydrogens (tertiary/aromatic N) is 1. The number of hydrogen-bond acceptors (Lipinski definition) is 4. The molecule has 7 nitrogen and oxygen atoms in total. The van der Waals surface area contributed by atoms with Crippen molar-refractivity contribution in [1.82, 2.24) is 5.32 Å². The SMILES string of the molecule is COCCCNC(=O)CSC(=N)N=C(N)N. The van der Waals surface area contributed by atoms with Gasteiger partial charge in [-0.3, -0.25) is 10.2 Å². The van der Waals surface area contributed by atoms with E-state index in [1.54, 1.807) is 7.11 Å². The van der Waals surface area contributed by atoms with E-state index in [1.165, 1.54) is 0 Å². The fourth-order valence-electron chi connectivity index (χ4n) is 0.779. The molecule has 16 heavy (non-hydrogen) atoms. The molecule has 6 N–H and O–H groups in total. The summed E-state index contributed by atoms with van der Waals surface area (Å²) in [7, 11) is 1.61. The zero-order valence-electron chi connectivity index (χ0n) is 9.16. The highest BCUT2D eigenvalue weighted by Crippen LogP contribution is 2.02. The van der Waals surface area contributed by atoms with Crippen molar-refractivity contribution >= 4 is 28.8 Å². The molecule has 0 radical (unpaired) electrons. The first-order chi connectivity index (χ1) is 7.56. The summed E-state index contributed by atoms with van der Waals surface area (Å²) in [5.74, 6) is -0.211. The Bertz CT molecular complexity index is 265. The van der Waals surface area contributed by atoms with Crippen LogP contribution in [0, 0.1) is 5.41 Å². The summed E-state index contributed by atoms with van der Waals surface area (Å²) in [5.41, 5.74) is 10.1. The van der Waals surface area contributed by atoms with Crippen LogP contribution in [-0.2, 0) is 9.53 Å². The first-order valence-corrected chi connectivity index (χ1v) is 5.61. The number of ether oxygens (including phenoxy) is 1. The Labute approximate surface area is 98.5 Å². The van der Waals surface area contributed by atoms with Gasteiger partial charge in [0.1, 0.15) is 0 Å². The van der Waals surface area contributed by atoms with Gasteiger partial charge in [0.15, 0.2) is 11.1 Å². The first-order valence-electron chi connectivity index (χ1n) is 4.63. The minimum atomic E-state index is -0.182. The number of thioether (sulfide) groups is 1. The second kappa shape index (κ2) is 8.98. The molecule has 0 aromatic rings. The fourth-order valence-corrected chi connectivity index (χ4v) is 1.32. The Kier molecular flexibility index (Phi) is 8.26. The first kappa shape index (κ1) is 14.7. The molecule has 92 valence electrons. The number of hydrogen-bond donors (Lipinski definition) is 4. The Balaban J connectivity index is 3.58. The van der Waals surface area contributed by atoms with E-state index in [9.17, 15) is 4.79 Å². The summed E-state index contributed by atoms with van der Waals surface area (Å²) in [4.78, 5) is 14.7. The number of methoxy groups -OCH3 is 1. The molecule has 0 bridgehead atoms. The van der Waals surface area contributed by atoms with Crippen molar-refractivity contribution in [2.45, 2.75) is 6.42 Å². The second-order valence-corrected chi connectivity index (χ2v) is 3.79. The van der Waals surface area contributed by atoms with Gasteiger partial charge in [-0.2, -0.15) is 4.99 Å². The third-order valence-electron chi connectivity index (χ3n) is 1.42. The van der Waals surface area contributed by atoms with E-state index in [-0.39, 0.29) is 22.8 Å². The highest BCUT2D eigenvalue weighted by atomic mass is 32.2. The summed E-state index contributed by atoms with van der Waals surface area (Å²) in [5, 5.41) is 9.87. The van der Waals surface area contributed by atoms with Crippen molar-refractivity contribution in [3.8, 4) is 0 Å². The van der Waals surface area contributed by atoms with Crippen molar-refractivity contribution in [3.63, 3.8) is 0 Å². The Morgan fingerprint density at radius 2 is 2.25 bits per heavy atom. The Morgan fingerprint density at radius 3 is 2.81 bits per heavy atom. The van der Waals surface area contributed by atoms with Gasteiger partial charge in [0.25, 0.3) is 0 Å². The lowest BCUT2D eigenvalue weighted by Gasteiger charge is -2.03. The molecule has 0 aliphatic carbocycles. The Hall–Kier alpha value is -1.28. The van der Waals surface area contributed by atoms with Crippen LogP contribution in [-0.4, -0.2) is 43.0 Å². The normalized spacial score (nSPS) is 9.56. The largest absolute Gasteiger partial charge is 0.385 e. The van der Waals surface area contributed by atoms with E-state index >= 15 is 0 Å². The molecule has 0 aliphatic heterocycles. The van der Waals surface area contributed by atoms with Gasteiger partial charge >= 0.3 is 0 Å². The van der Waals surface area contributed by atoms with Crippen molar-refractivity contribution in [2.75, 3.05) is 26.0 Å². The smallest absolute Gasteiger partial charge is 0.230 e. The predicted octanol–water partition coefficient (Wildman–Crippen LogP) is -0.920. The summed E-state index contributed by atoms with van der Waals surface area (Å²) in [6.45, 7) is 1.17. The van der Waals surface area contributed by atoms with Crippen LogP contribution < -0.4 is 16.8 Å². The van der Waals surface area contributed by atoms with Crippen molar-refractivity contribution in [3.05, 3.63) is 0 Å². The van der Waals surface area contributed by atoms with Gasteiger partial charge in [0.2, 0.25) is 5.91 Å². The molecular formula is C8H17N5O2S. The summed E-state index contributed by atoms with van der Waals surface area (Å²) in [6, 6.07) is 0. The molecule has 0 aromatic carbocycles. The molecule has 0 aliphatic rings. The average molecular weight is 247 g/mol. The molecule has 0 fully saturated rings. The molecule has 0 heterocycles. The van der Waals surface area contributed by atoms with Crippen molar-refractivity contribution in [2.24, 2.45) is 16.5 Å². The third kappa shape index (κ3) is 9.28. The van der Waals surface area contributed by atoms with Gasteiger partial charge in [0.05, 0.1) is 5.75 Å². The fraction of sp³-hybridized carbons (Fsp3) is 0.625. The van der Waals surface area contributed by atoms with E-state index in [1.807, 2.05) is 0 Å². The van der Waals surface area contributed by atoms with Gasteiger partial charge < -0.3 is 21.5 Å². The molecular weight excluding hydrogens is 230 g/mol. The molecule has 8 heteroatoms. The molecule has 0 saturated carbocycles. The highest BCUT2D eigenvalue weighted by Gasteiger charge is 2.03. The van der Waals surface area contributed by atoms with Crippen LogP contribution in [0.1, 0.15) is 6.42 Å². The number of amidine groups is 1. The summed E-state index contributed by atoms with van der Waals surface area (Å²) in [6.07, 6.45) is 0.762. The summed E-state index contributed by atoms with van der Waals surface area (Å²) >= 11 is 0.969. The van der Waals surface area contributed by atoms with Gasteiger partial charge in [-0.25, -0.2) is 0 Å². The van der Waals surface area contributed by atoms with E-state index < -0.39 is 0 Å². The molecule has 0 unspecified atom stereocenters. The van der Waals surface area contributed by atoms with Crippen LogP contribution >= 0.6 is 11.8 Å². The topological polar surface area (TPSA) is 127 Å². The number of nitrogens with two attached hydrogens (primary N) is 2. The summed E-state index contributed by atoms with van der Waals surface area (Å²) < 4.78 is 4.83. The van der Waals surface area contributed by atoms with E-state index in [0.717, 1.165) is 18.2 Å². The zero-order valence-corrected chi connectivity index (χ0v) is 9.97. The van der Waals surface area contributed by atoms with E-state index in [0.29, 0.717) is 13.2 Å². The van der Waals surface area contributed by atoms with Crippen LogP contribution in [0.3, 0.4) is 0 Å². The standard InChI is InChI=1S/C8H17N5O2S/c1-15-4-2-3-12-6(14)5-16-8(11)13-7(9)10/h2-5H2,1H3,(H,12,14)(H5,9,10,11,13). The molecule has 0 rings (SSSR count). The zero-order chi connectivity index (χ0) is 12.4. The number of amides is 1. The number of carbonyl (C=O) groups excluding carboxylic acids is 1. The van der Waals surface area contributed by atoms with Crippen LogP contribution in [0.2, 0.25) is 0 Å². The van der Waals surface area contributed by atoms with Gasteiger partial charge in [-0.05, 0) is 6.42 Å². The molecule has 0 aromatic heterocycles. The third-order valence-corrected chi connectivity index (χ3v) is 2.19. The lowest BCUT2D eigenvalue weighted by atomic mass is 10.4. The van der Waals surface area contributed by atoms with Crippen LogP contribution in [0.15, 0.2) is 4.99 Å². The number of rotatable bonds is 6. The van der Waals surface area contributed by atoms with Crippen LogP contribution in [0.4, 0.5) is 0 Å². The number of guanidine groups is 1. The monoisotopic (exact) mass is 247 g/mol. The minimum absolute atomic E-state index is 0.0768. The minimum Gasteiger partial charge on any atom is -0.385 e. The van der Waals surface area contributed by atoms with Crippen molar-refractivity contribution < 1.29 is 9.53 Å². The maximum atomic E-state index is 11.2. The van der Waals surface area contributed by atoms with Crippen LogP contribution in [0.25, 0.3) is 0 Å². The number of carbonyl (C=O) groups is 1. The van der Waals surface area contributed by atoms with Crippen LogP contribution in [0.5, 0.6) is 0 Å². The molecule has 0 atom stereocenters. The maximum absolute atomic E-state index is 11.2. The Morgan fingerprint density at radius 1 is 1.56 bits per heavy atom. The van der Waals surface area contributed by atoms with Crippen molar-refractivity contribution in [1.29, 1.82) is 5.41 Å². The predicted molar refractivity (Wildman–Crippen MR) is 65.5 cm³/mol. The van der Waals surface area contributed by atoms with E-state index in [2.05, 4.69) is 10.3 Å². The molecule has 0 spiro atoms.